The summed E-state index contributed by atoms with van der Waals surface area (Å²) in [5.41, 5.74) is -1.14. The van der Waals surface area contributed by atoms with Crippen molar-refractivity contribution in [2.24, 2.45) is 0 Å². The molecule has 2 unspecified atom stereocenters. The summed E-state index contributed by atoms with van der Waals surface area (Å²) >= 11 is 1.42. The van der Waals surface area contributed by atoms with Crippen molar-refractivity contribution in [3.8, 4) is 11.5 Å². The number of ether oxygens (including phenoxy) is 2. The lowest BCUT2D eigenvalue weighted by molar-refractivity contribution is -0.137. The smallest absolute Gasteiger partial charge is 0.421 e. The van der Waals surface area contributed by atoms with Crippen molar-refractivity contribution >= 4 is 60.5 Å². The average molecular weight is 806 g/mol. The Morgan fingerprint density at radius 3 is 2.29 bits per heavy atom. The molecule has 2 aromatic carbocycles. The van der Waals surface area contributed by atoms with E-state index in [-0.39, 0.29) is 40.4 Å². The summed E-state index contributed by atoms with van der Waals surface area (Å²) in [4.78, 5) is 36.2. The summed E-state index contributed by atoms with van der Waals surface area (Å²) in [5, 5.41) is 2.91. The first-order valence-corrected chi connectivity index (χ1v) is 16.8. The molecule has 0 aliphatic carbocycles. The number of aromatic nitrogens is 1. The number of hydrogen-bond donors (Lipinski definition) is 1. The summed E-state index contributed by atoms with van der Waals surface area (Å²) < 4.78 is 82.4. The number of alkyl halides is 5. The lowest BCUT2D eigenvalue weighted by Gasteiger charge is -2.44. The van der Waals surface area contributed by atoms with Crippen LogP contribution in [0.25, 0.3) is 0 Å². The fourth-order valence-corrected chi connectivity index (χ4v) is 7.07. The molecule has 1 aromatic heterocycles. The Kier molecular flexibility index (Phi) is 10.7. The third kappa shape index (κ3) is 7.32. The molecule has 5 rings (SSSR count). The molecule has 0 saturated carbocycles. The van der Waals surface area contributed by atoms with Crippen LogP contribution in [0.4, 0.5) is 33.5 Å². The van der Waals surface area contributed by atoms with Gasteiger partial charge in [0.2, 0.25) is 0 Å². The van der Waals surface area contributed by atoms with Gasteiger partial charge in [0.05, 0.1) is 12.8 Å². The van der Waals surface area contributed by atoms with E-state index in [4.69, 9.17) is 9.47 Å². The zero-order chi connectivity index (χ0) is 35.1. The SMILES string of the molecule is COc1cc(F)c([C@@H]2CN(c3nccc(N4C[C@@H](C)N(C)[C@@H](C)C4)c3C(F)(F)F)C(=O)[C@H]2NC(=O)c2ccc(OC(F)I)cc2)c(P)c1. The van der Waals surface area contributed by atoms with E-state index in [9.17, 15) is 27.2 Å². The van der Waals surface area contributed by atoms with Crippen molar-refractivity contribution in [1.82, 2.24) is 15.2 Å². The summed E-state index contributed by atoms with van der Waals surface area (Å²) in [6.07, 6.45) is -3.69. The first-order valence-electron chi connectivity index (χ1n) is 14.9. The van der Waals surface area contributed by atoms with Gasteiger partial charge in [0, 0.05) is 83.6 Å². The summed E-state index contributed by atoms with van der Waals surface area (Å²) in [5.74, 6) is -3.83. The summed E-state index contributed by atoms with van der Waals surface area (Å²) in [7, 11) is 5.63. The number of pyridine rings is 1. The molecule has 48 heavy (non-hydrogen) atoms. The molecule has 258 valence electrons. The van der Waals surface area contributed by atoms with Gasteiger partial charge >= 0.3 is 6.18 Å². The van der Waals surface area contributed by atoms with Gasteiger partial charge in [0.15, 0.2) is 0 Å². The number of amides is 2. The molecule has 9 nitrogen and oxygen atoms in total. The van der Waals surface area contributed by atoms with Crippen LogP contribution in [-0.4, -0.2) is 78.0 Å². The summed E-state index contributed by atoms with van der Waals surface area (Å²) in [6.45, 7) is 4.05. The number of piperazine rings is 1. The Morgan fingerprint density at radius 2 is 1.73 bits per heavy atom. The quantitative estimate of drug-likeness (QED) is 0.144. The number of nitrogens with one attached hydrogen (secondary N) is 1. The molecule has 0 radical (unpaired) electrons. The predicted octanol–water partition coefficient (Wildman–Crippen LogP) is 5.27. The van der Waals surface area contributed by atoms with Crippen LogP contribution in [0.15, 0.2) is 48.7 Å². The number of rotatable bonds is 8. The number of halogens is 6. The van der Waals surface area contributed by atoms with Gasteiger partial charge in [0.1, 0.15) is 34.7 Å². The molecule has 2 amide bonds. The normalized spacial score (nSPS) is 22.5. The first-order chi connectivity index (χ1) is 22.6. The highest BCUT2D eigenvalue weighted by molar-refractivity contribution is 14.1. The maximum atomic E-state index is 15.7. The van der Waals surface area contributed by atoms with Crippen molar-refractivity contribution in [3.63, 3.8) is 0 Å². The molecule has 2 aliphatic heterocycles. The fourth-order valence-electron chi connectivity index (χ4n) is 6.26. The number of likely N-dealkylation sites (N-methyl/N-ethyl adjacent to an activating group) is 1. The van der Waals surface area contributed by atoms with E-state index in [2.05, 4.69) is 24.4 Å². The van der Waals surface area contributed by atoms with Crippen molar-refractivity contribution < 1.29 is 41.0 Å². The fraction of sp³-hybridized carbons (Fsp3) is 0.406. The first kappa shape index (κ1) is 36.0. The van der Waals surface area contributed by atoms with Crippen LogP contribution in [0.3, 0.4) is 0 Å². The third-order valence-corrected chi connectivity index (χ3v) is 9.56. The molecule has 2 saturated heterocycles. The van der Waals surface area contributed by atoms with Gasteiger partial charge in [-0.3, -0.25) is 19.4 Å². The minimum Gasteiger partial charge on any atom is -0.497 e. The largest absolute Gasteiger partial charge is 0.497 e. The van der Waals surface area contributed by atoms with Gasteiger partial charge in [-0.15, -0.1) is 9.24 Å². The second-order valence-electron chi connectivity index (χ2n) is 11.8. The zero-order valence-corrected chi connectivity index (χ0v) is 29.7. The van der Waals surface area contributed by atoms with Crippen molar-refractivity contribution in [1.29, 1.82) is 0 Å². The van der Waals surface area contributed by atoms with Crippen LogP contribution in [0.5, 0.6) is 11.5 Å². The number of hydrogen-bond acceptors (Lipinski definition) is 7. The standard InChI is InChI=1S/C32H34F5IN5O4P/c1-16-13-42(14-17(2)41(16)3)23-9-10-39-28(26(23)32(35,36)37)43-15-21(25-22(33)11-20(46-4)12-24(25)48)27(30(43)45)40-29(44)18-5-7-19(8-6-18)47-31(34)38/h5-12,16-17,21,27,31H,13-15,48H2,1-4H3,(H,40,44)/t16-,17+,21-,27-,31?/m0/s1. The predicted molar refractivity (Wildman–Crippen MR) is 183 cm³/mol. The van der Waals surface area contributed by atoms with E-state index >= 15 is 4.39 Å². The van der Waals surface area contributed by atoms with Crippen LogP contribution in [0.2, 0.25) is 0 Å². The van der Waals surface area contributed by atoms with Crippen molar-refractivity contribution in [3.05, 3.63) is 71.2 Å². The van der Waals surface area contributed by atoms with Gasteiger partial charge in [-0.1, -0.05) is 0 Å². The zero-order valence-electron chi connectivity index (χ0n) is 26.4. The van der Waals surface area contributed by atoms with E-state index in [0.29, 0.717) is 18.4 Å². The molecule has 6 atom stereocenters. The number of nitrogens with zero attached hydrogens (tertiary/aromatic N) is 4. The molecule has 0 bridgehead atoms. The van der Waals surface area contributed by atoms with E-state index in [0.717, 1.165) is 11.0 Å². The molecule has 1 N–H and O–H groups in total. The Bertz CT molecular complexity index is 1650. The van der Waals surface area contributed by atoms with Crippen LogP contribution >= 0.6 is 31.8 Å². The highest BCUT2D eigenvalue weighted by Gasteiger charge is 2.49. The van der Waals surface area contributed by atoms with Crippen LogP contribution in [-0.2, 0) is 11.0 Å². The maximum absolute atomic E-state index is 15.7. The van der Waals surface area contributed by atoms with E-state index < -0.39 is 58.1 Å². The lowest BCUT2D eigenvalue weighted by Crippen LogP contribution is -2.55. The number of carbonyl (C=O) groups excluding carboxylic acids is 2. The van der Waals surface area contributed by atoms with Gasteiger partial charge in [-0.25, -0.2) is 9.37 Å². The van der Waals surface area contributed by atoms with Crippen molar-refractivity contribution in [2.45, 2.75) is 48.4 Å². The third-order valence-electron chi connectivity index (χ3n) is 8.83. The average Bonchev–Trinajstić information content (AvgIpc) is 3.33. The number of benzene rings is 2. The molecule has 3 heterocycles. The highest BCUT2D eigenvalue weighted by atomic mass is 127. The van der Waals surface area contributed by atoms with Gasteiger partial charge in [-0.05, 0) is 62.6 Å². The summed E-state index contributed by atoms with van der Waals surface area (Å²) in [6, 6.07) is 7.72. The minimum atomic E-state index is -4.91. The minimum absolute atomic E-state index is 0.00756. The molecule has 3 aromatic rings. The van der Waals surface area contributed by atoms with Crippen LogP contribution in [0.1, 0.15) is 41.3 Å². The molecular formula is C32H34F5IN5O4P. The van der Waals surface area contributed by atoms with Gasteiger partial charge in [0.25, 0.3) is 16.2 Å². The molecule has 16 heteroatoms. The Hall–Kier alpha value is -3.30. The van der Waals surface area contributed by atoms with Crippen LogP contribution < -0.4 is 29.9 Å². The van der Waals surface area contributed by atoms with E-state index in [1.54, 1.807) is 4.90 Å². The number of anilines is 2. The van der Waals surface area contributed by atoms with Gasteiger partial charge in [-0.2, -0.15) is 17.6 Å². The van der Waals surface area contributed by atoms with Crippen molar-refractivity contribution in [2.75, 3.05) is 43.6 Å². The molecule has 2 aliphatic rings. The van der Waals surface area contributed by atoms with Crippen LogP contribution in [0, 0.1) is 5.82 Å². The molecule has 0 spiro atoms. The second kappa shape index (κ2) is 14.3. The van der Waals surface area contributed by atoms with E-state index in [1.807, 2.05) is 20.9 Å². The van der Waals surface area contributed by atoms with Gasteiger partial charge < -0.3 is 19.7 Å². The Morgan fingerprint density at radius 1 is 1.08 bits per heavy atom. The topological polar surface area (TPSA) is 87.2 Å². The van der Waals surface area contributed by atoms with E-state index in [1.165, 1.54) is 72.3 Å². The number of carbonyl (C=O) groups is 2. The Balaban J connectivity index is 1.57. The number of methoxy groups -OCH3 is 1. The molecular weight excluding hydrogens is 771 g/mol. The molecule has 2 fully saturated rings. The highest BCUT2D eigenvalue weighted by Crippen LogP contribution is 2.45. The Labute approximate surface area is 290 Å². The maximum Gasteiger partial charge on any atom is 0.421 e. The second-order valence-corrected chi connectivity index (χ2v) is 13.4. The monoisotopic (exact) mass is 805 g/mol. The lowest BCUT2D eigenvalue weighted by atomic mass is 9.93.